The summed E-state index contributed by atoms with van der Waals surface area (Å²) in [5, 5.41) is 25.3. The zero-order valence-corrected chi connectivity index (χ0v) is 22.8. The fraction of sp³-hybridized carbons (Fsp3) is 0.290. The molecule has 1 saturated carbocycles. The lowest BCUT2D eigenvalue weighted by Crippen LogP contribution is -2.83. The average Bonchev–Trinajstić information content (AvgIpc) is 3.43. The second-order valence-electron chi connectivity index (χ2n) is 10.7. The van der Waals surface area contributed by atoms with Crippen molar-refractivity contribution in [2.75, 3.05) is 5.32 Å². The van der Waals surface area contributed by atoms with Crippen LogP contribution in [-0.4, -0.2) is 50.0 Å². The molecule has 0 bridgehead atoms. The number of quaternary nitrogens is 1. The number of hydrogen-bond acceptors (Lipinski definition) is 6. The number of nitrogens with two attached hydrogens (primary N) is 2. The third-order valence-corrected chi connectivity index (χ3v) is 7.37. The third kappa shape index (κ3) is 5.80. The summed E-state index contributed by atoms with van der Waals surface area (Å²) in [6.45, 7) is 4.19. The smallest absolute Gasteiger partial charge is 0.250 e. The van der Waals surface area contributed by atoms with E-state index in [4.69, 9.17) is 16.1 Å². The van der Waals surface area contributed by atoms with Crippen LogP contribution in [-0.2, 0) is 0 Å². The summed E-state index contributed by atoms with van der Waals surface area (Å²) in [5.74, 6) is -0.488. The summed E-state index contributed by atoms with van der Waals surface area (Å²) in [7, 11) is 0. The van der Waals surface area contributed by atoms with Crippen molar-refractivity contribution in [2.24, 2.45) is 5.73 Å². The maximum absolute atomic E-state index is 12.2. The Morgan fingerprint density at radius 1 is 1.15 bits per heavy atom. The minimum atomic E-state index is -0.488. The molecule has 1 amide bonds. The number of aromatic nitrogens is 3. The Morgan fingerprint density at radius 2 is 1.95 bits per heavy atom. The molecule has 0 radical (unpaired) electrons. The van der Waals surface area contributed by atoms with Crippen LogP contribution in [0, 0.1) is 5.41 Å². The van der Waals surface area contributed by atoms with E-state index in [1.807, 2.05) is 53.4 Å². The number of imidazole rings is 1. The lowest BCUT2D eigenvalue weighted by Gasteiger charge is -2.28. The summed E-state index contributed by atoms with van der Waals surface area (Å²) >= 11 is 0. The zero-order chi connectivity index (χ0) is 28.2. The number of carbonyl (C=O) groups excluding carboxylic acids is 1. The van der Waals surface area contributed by atoms with Gasteiger partial charge < -0.3 is 31.5 Å². The van der Waals surface area contributed by atoms with Gasteiger partial charge in [0.1, 0.15) is 6.20 Å². The number of allylic oxidation sites excluding steroid dienone is 1. The van der Waals surface area contributed by atoms with Crippen LogP contribution in [0.2, 0.25) is 0 Å². The van der Waals surface area contributed by atoms with Gasteiger partial charge in [-0.15, -0.1) is 0 Å². The molecule has 2 heterocycles. The number of benzene rings is 2. The Kier molecular flexibility index (Phi) is 8.04. The van der Waals surface area contributed by atoms with Crippen molar-refractivity contribution in [2.45, 2.75) is 57.7 Å². The highest BCUT2D eigenvalue weighted by atomic mass is 16.3. The van der Waals surface area contributed by atoms with Gasteiger partial charge in [0.2, 0.25) is 0 Å². The second kappa shape index (κ2) is 11.8. The molecule has 0 atom stereocenters. The largest absolute Gasteiger partial charge is 0.393 e. The number of pyridine rings is 1. The fourth-order valence-corrected chi connectivity index (χ4v) is 5.22. The first kappa shape index (κ1) is 27.2. The Labute approximate surface area is 233 Å². The number of nitrogens with zero attached hydrogens (tertiary/aromatic N) is 3. The molecule has 0 saturated heterocycles. The first-order valence-corrected chi connectivity index (χ1v) is 13.7. The van der Waals surface area contributed by atoms with Crippen LogP contribution in [0.4, 0.5) is 5.69 Å². The Hall–Kier alpha value is -4.34. The summed E-state index contributed by atoms with van der Waals surface area (Å²) < 4.78 is 1.97. The summed E-state index contributed by atoms with van der Waals surface area (Å²) in [6, 6.07) is 14.2. The topological polar surface area (TPSA) is 147 Å². The van der Waals surface area contributed by atoms with E-state index in [2.05, 4.69) is 29.5 Å². The number of fused-ring (bicyclic) bond motifs is 1. The van der Waals surface area contributed by atoms with Gasteiger partial charge in [-0.25, -0.2) is 4.98 Å². The lowest BCUT2D eigenvalue weighted by molar-refractivity contribution is -0.618. The van der Waals surface area contributed by atoms with E-state index < -0.39 is 5.91 Å². The molecule has 9 heteroatoms. The lowest BCUT2D eigenvalue weighted by atomic mass is 9.92. The van der Waals surface area contributed by atoms with E-state index in [1.165, 1.54) is 6.21 Å². The first-order chi connectivity index (χ1) is 19.3. The standard InChI is InChI=1S/C31H35N7O2/c1-19(2)35-16-21(15-32)28-17-38(18-36-28)29-5-3-4-25-24(29)12-13-34-30(25)20-6-11-26(31(33)40)27(14-20)37-22-7-9-23(39)10-8-22/h3-6,11-19,22-23,32,35,37,39H,7-10H2,1-2H3,(H2,33,40)/p+1. The summed E-state index contributed by atoms with van der Waals surface area (Å²) in [4.78, 5) is 21.5. The van der Waals surface area contributed by atoms with Crippen LogP contribution in [0.1, 0.15) is 55.6 Å². The fourth-order valence-electron chi connectivity index (χ4n) is 5.22. The molecular weight excluding hydrogens is 502 g/mol. The molecule has 9 nitrogen and oxygen atoms in total. The zero-order valence-electron chi connectivity index (χ0n) is 22.8. The van der Waals surface area contributed by atoms with Crippen LogP contribution in [0.15, 0.2) is 67.4 Å². The molecule has 2 aromatic carbocycles. The minimum absolute atomic E-state index is 0.164. The summed E-state index contributed by atoms with van der Waals surface area (Å²) in [5.41, 5.74) is 10.9. The molecular formula is C31H36N7O2+. The van der Waals surface area contributed by atoms with Crippen molar-refractivity contribution >= 4 is 34.2 Å². The minimum Gasteiger partial charge on any atom is -0.393 e. The third-order valence-electron chi connectivity index (χ3n) is 7.37. The van der Waals surface area contributed by atoms with Crippen LogP contribution >= 0.6 is 0 Å². The quantitative estimate of drug-likeness (QED) is 0.205. The first-order valence-electron chi connectivity index (χ1n) is 13.7. The van der Waals surface area contributed by atoms with E-state index in [0.717, 1.165) is 64.7 Å². The van der Waals surface area contributed by atoms with Gasteiger partial charge in [-0.2, -0.15) is 0 Å². The van der Waals surface area contributed by atoms with Crippen LogP contribution in [0.3, 0.4) is 0 Å². The van der Waals surface area contributed by atoms with Crippen molar-refractivity contribution < 1.29 is 15.2 Å². The van der Waals surface area contributed by atoms with Crippen LogP contribution in [0.5, 0.6) is 0 Å². The predicted octanol–water partition coefficient (Wildman–Crippen LogP) is 3.86. The van der Waals surface area contributed by atoms with Crippen LogP contribution in [0.25, 0.3) is 33.3 Å². The van der Waals surface area contributed by atoms with Crippen molar-refractivity contribution in [1.82, 2.24) is 14.5 Å². The predicted molar refractivity (Wildman–Crippen MR) is 159 cm³/mol. The average molecular weight is 539 g/mol. The number of anilines is 1. The molecule has 4 aromatic rings. The molecule has 1 fully saturated rings. The van der Waals surface area contributed by atoms with E-state index in [0.29, 0.717) is 17.3 Å². The van der Waals surface area contributed by atoms with Crippen molar-refractivity contribution in [3.8, 4) is 16.9 Å². The van der Waals surface area contributed by atoms with E-state index >= 15 is 0 Å². The molecule has 206 valence electrons. The highest BCUT2D eigenvalue weighted by Crippen LogP contribution is 2.33. The van der Waals surface area contributed by atoms with Gasteiger partial charge >= 0.3 is 0 Å². The Balaban J connectivity index is 1.52. The van der Waals surface area contributed by atoms with Gasteiger partial charge in [-0.05, 0) is 63.8 Å². The van der Waals surface area contributed by atoms with E-state index in [9.17, 15) is 9.90 Å². The number of aliphatic hydroxyl groups is 1. The van der Waals surface area contributed by atoms with E-state index in [1.54, 1.807) is 18.6 Å². The molecule has 2 aromatic heterocycles. The highest BCUT2D eigenvalue weighted by Gasteiger charge is 2.21. The molecule has 7 N–H and O–H groups in total. The maximum atomic E-state index is 12.2. The van der Waals surface area contributed by atoms with Crippen LogP contribution < -0.4 is 16.4 Å². The number of amides is 1. The molecule has 1 aliphatic carbocycles. The SMILES string of the molecule is CC(C)[NH2+]C=C(C=N)c1cn(-c2cccc3c(-c4ccc(C(N)=O)c(NC5CCC(O)CC5)c4)nccc23)cn1. The Bertz CT molecular complexity index is 1570. The maximum Gasteiger partial charge on any atom is 0.250 e. The Morgan fingerprint density at radius 3 is 2.67 bits per heavy atom. The number of rotatable bonds is 9. The molecule has 0 aliphatic heterocycles. The number of nitrogens with one attached hydrogen (secondary N) is 2. The molecule has 40 heavy (non-hydrogen) atoms. The van der Waals surface area contributed by atoms with E-state index in [-0.39, 0.29) is 12.1 Å². The number of carbonyl (C=O) groups is 1. The van der Waals surface area contributed by atoms with Gasteiger partial charge in [0.25, 0.3) is 5.91 Å². The second-order valence-corrected chi connectivity index (χ2v) is 10.7. The van der Waals surface area contributed by atoms with Crippen molar-refractivity contribution in [3.05, 3.63) is 78.6 Å². The molecule has 1 aliphatic rings. The molecule has 0 unspecified atom stereocenters. The van der Waals surface area contributed by atoms with Gasteiger partial charge in [-0.1, -0.05) is 18.2 Å². The summed E-state index contributed by atoms with van der Waals surface area (Å²) in [6.07, 6.45) is 11.6. The molecule has 0 spiro atoms. The molecule has 5 rings (SSSR count). The highest BCUT2D eigenvalue weighted by molar-refractivity contribution is 6.07. The monoisotopic (exact) mass is 538 g/mol. The van der Waals surface area contributed by atoms with Gasteiger partial charge in [-0.3, -0.25) is 9.78 Å². The normalized spacial score (nSPS) is 17.8. The van der Waals surface area contributed by atoms with Crippen molar-refractivity contribution in [3.63, 3.8) is 0 Å². The number of hydrogen-bond donors (Lipinski definition) is 5. The number of aliphatic hydroxyl groups excluding tert-OH is 1. The van der Waals surface area contributed by atoms with Gasteiger partial charge in [0.15, 0.2) is 0 Å². The van der Waals surface area contributed by atoms with Gasteiger partial charge in [0, 0.05) is 46.7 Å². The number of primary amides is 1. The van der Waals surface area contributed by atoms with Crippen molar-refractivity contribution in [1.29, 1.82) is 5.41 Å². The van der Waals surface area contributed by atoms with Gasteiger partial charge in [0.05, 0.1) is 46.7 Å².